The van der Waals surface area contributed by atoms with Crippen molar-refractivity contribution in [2.75, 3.05) is 25.7 Å². The number of fused-ring (bicyclic) bond motifs is 1. The van der Waals surface area contributed by atoms with Gasteiger partial charge in [-0.3, -0.25) is 4.79 Å². The van der Waals surface area contributed by atoms with Crippen molar-refractivity contribution in [3.8, 4) is 22.1 Å². The van der Waals surface area contributed by atoms with Crippen LogP contribution in [0.25, 0.3) is 10.6 Å². The number of methoxy groups -OCH3 is 2. The quantitative estimate of drug-likeness (QED) is 0.602. The minimum atomic E-state index is 0.0912. The molecule has 1 atom stereocenters. The number of amides is 1. The third-order valence-electron chi connectivity index (χ3n) is 5.36. The number of carbonyl (C=O) groups excluding carboxylic acids is 1. The Morgan fingerprint density at radius 1 is 1.17 bits per heavy atom. The molecule has 3 aromatic rings. The molecule has 5 nitrogen and oxygen atoms in total. The molecular formula is C23H24N2O3S. The number of rotatable bonds is 5. The molecule has 6 heteroatoms. The molecule has 150 valence electrons. The molecule has 4 rings (SSSR count). The Kier molecular flexibility index (Phi) is 5.53. The summed E-state index contributed by atoms with van der Waals surface area (Å²) in [6.07, 6.45) is 1.28. The standard InChI is InChI=1S/C23H24N2O3S/c1-15-10-11-25(19-7-5-4-6-18(15)19)22(26)13-17-14-29-23(24-17)16-8-9-20(27-2)21(12-16)28-3/h4-9,12,14-15H,10-11,13H2,1-3H3. The topological polar surface area (TPSA) is 51.7 Å². The first-order valence-corrected chi connectivity index (χ1v) is 10.5. The van der Waals surface area contributed by atoms with Gasteiger partial charge in [0.1, 0.15) is 5.01 Å². The maximum atomic E-state index is 13.0. The number of aromatic nitrogens is 1. The Hall–Kier alpha value is -2.86. The first-order valence-electron chi connectivity index (χ1n) is 9.66. The van der Waals surface area contributed by atoms with Crippen LogP contribution >= 0.6 is 11.3 Å². The van der Waals surface area contributed by atoms with E-state index in [-0.39, 0.29) is 5.91 Å². The summed E-state index contributed by atoms with van der Waals surface area (Å²) in [5.41, 5.74) is 4.02. The molecule has 29 heavy (non-hydrogen) atoms. The van der Waals surface area contributed by atoms with Gasteiger partial charge in [-0.05, 0) is 42.2 Å². The molecule has 1 unspecified atom stereocenters. The van der Waals surface area contributed by atoms with Crippen LogP contribution in [0.1, 0.15) is 30.5 Å². The molecule has 1 aliphatic rings. The molecule has 2 aromatic carbocycles. The minimum absolute atomic E-state index is 0.0912. The van der Waals surface area contributed by atoms with Crippen LogP contribution in [0.15, 0.2) is 47.8 Å². The number of para-hydroxylation sites is 1. The van der Waals surface area contributed by atoms with E-state index < -0.39 is 0 Å². The Morgan fingerprint density at radius 3 is 2.76 bits per heavy atom. The lowest BCUT2D eigenvalue weighted by molar-refractivity contribution is -0.118. The van der Waals surface area contributed by atoms with Gasteiger partial charge < -0.3 is 14.4 Å². The van der Waals surface area contributed by atoms with Gasteiger partial charge in [-0.2, -0.15) is 0 Å². The van der Waals surface area contributed by atoms with Crippen molar-refractivity contribution in [1.82, 2.24) is 4.98 Å². The smallest absolute Gasteiger partial charge is 0.233 e. The van der Waals surface area contributed by atoms with Crippen molar-refractivity contribution in [2.24, 2.45) is 0 Å². The van der Waals surface area contributed by atoms with Crippen LogP contribution in [0, 0.1) is 0 Å². The largest absolute Gasteiger partial charge is 0.493 e. The van der Waals surface area contributed by atoms with E-state index in [2.05, 4.69) is 13.0 Å². The van der Waals surface area contributed by atoms with Gasteiger partial charge in [0.15, 0.2) is 11.5 Å². The first kappa shape index (κ1) is 19.5. The number of hydrogen-bond acceptors (Lipinski definition) is 5. The van der Waals surface area contributed by atoms with E-state index in [1.165, 1.54) is 16.9 Å². The van der Waals surface area contributed by atoms with Crippen LogP contribution in [-0.4, -0.2) is 31.7 Å². The highest BCUT2D eigenvalue weighted by Gasteiger charge is 2.26. The maximum Gasteiger partial charge on any atom is 0.233 e. The monoisotopic (exact) mass is 408 g/mol. The fourth-order valence-corrected chi connectivity index (χ4v) is 4.56. The predicted octanol–water partition coefficient (Wildman–Crippen LogP) is 4.91. The predicted molar refractivity (Wildman–Crippen MR) is 116 cm³/mol. The Labute approximate surface area is 174 Å². The van der Waals surface area contributed by atoms with Gasteiger partial charge in [0, 0.05) is 23.2 Å². The molecular weight excluding hydrogens is 384 g/mol. The van der Waals surface area contributed by atoms with E-state index in [4.69, 9.17) is 14.5 Å². The van der Waals surface area contributed by atoms with Gasteiger partial charge in [0.05, 0.1) is 26.3 Å². The van der Waals surface area contributed by atoms with Crippen molar-refractivity contribution in [2.45, 2.75) is 25.7 Å². The molecule has 1 aromatic heterocycles. The van der Waals surface area contributed by atoms with Crippen LogP contribution in [0.2, 0.25) is 0 Å². The molecule has 2 heterocycles. The van der Waals surface area contributed by atoms with E-state index in [1.54, 1.807) is 14.2 Å². The fraction of sp³-hybridized carbons (Fsp3) is 0.304. The normalized spacial score (nSPS) is 15.7. The number of hydrogen-bond donors (Lipinski definition) is 0. The summed E-state index contributed by atoms with van der Waals surface area (Å²) >= 11 is 1.53. The highest BCUT2D eigenvalue weighted by atomic mass is 32.1. The van der Waals surface area contributed by atoms with Gasteiger partial charge in [0.25, 0.3) is 0 Å². The van der Waals surface area contributed by atoms with E-state index >= 15 is 0 Å². The molecule has 0 saturated heterocycles. The molecule has 0 spiro atoms. The Bertz CT molecular complexity index is 1030. The van der Waals surface area contributed by atoms with Gasteiger partial charge >= 0.3 is 0 Å². The second-order valence-electron chi connectivity index (χ2n) is 7.18. The fourth-order valence-electron chi connectivity index (χ4n) is 3.75. The van der Waals surface area contributed by atoms with Crippen LogP contribution in [-0.2, 0) is 11.2 Å². The van der Waals surface area contributed by atoms with Crippen LogP contribution in [0.5, 0.6) is 11.5 Å². The minimum Gasteiger partial charge on any atom is -0.493 e. The summed E-state index contributed by atoms with van der Waals surface area (Å²) in [6.45, 7) is 2.97. The lowest BCUT2D eigenvalue weighted by Gasteiger charge is -2.32. The molecule has 0 radical (unpaired) electrons. The summed E-state index contributed by atoms with van der Waals surface area (Å²) in [7, 11) is 3.23. The van der Waals surface area contributed by atoms with Crippen LogP contribution < -0.4 is 14.4 Å². The average molecular weight is 409 g/mol. The van der Waals surface area contributed by atoms with Gasteiger partial charge in [-0.1, -0.05) is 25.1 Å². The van der Waals surface area contributed by atoms with Gasteiger partial charge in [-0.15, -0.1) is 11.3 Å². The zero-order chi connectivity index (χ0) is 20.4. The summed E-state index contributed by atoms with van der Waals surface area (Å²) in [4.78, 5) is 19.6. The molecule has 0 saturated carbocycles. The summed E-state index contributed by atoms with van der Waals surface area (Å²) in [6, 6.07) is 13.9. The van der Waals surface area contributed by atoms with E-state index in [0.717, 1.165) is 34.9 Å². The first-order chi connectivity index (χ1) is 14.1. The summed E-state index contributed by atoms with van der Waals surface area (Å²) < 4.78 is 10.7. The van der Waals surface area contributed by atoms with Crippen molar-refractivity contribution < 1.29 is 14.3 Å². The third-order valence-corrected chi connectivity index (χ3v) is 6.30. The highest BCUT2D eigenvalue weighted by molar-refractivity contribution is 7.13. The van der Waals surface area contributed by atoms with Crippen LogP contribution in [0.3, 0.4) is 0 Å². The molecule has 1 amide bonds. The van der Waals surface area contributed by atoms with Crippen LogP contribution in [0.4, 0.5) is 5.69 Å². The number of thiazole rings is 1. The van der Waals surface area contributed by atoms with Crippen molar-refractivity contribution >= 4 is 22.9 Å². The Morgan fingerprint density at radius 2 is 1.97 bits per heavy atom. The zero-order valence-electron chi connectivity index (χ0n) is 16.8. The molecule has 1 aliphatic heterocycles. The number of anilines is 1. The number of ether oxygens (including phenoxy) is 2. The Balaban J connectivity index is 1.53. The second kappa shape index (κ2) is 8.25. The van der Waals surface area contributed by atoms with E-state index in [0.29, 0.717) is 23.8 Å². The number of nitrogens with zero attached hydrogens (tertiary/aromatic N) is 2. The third kappa shape index (κ3) is 3.85. The number of benzene rings is 2. The summed E-state index contributed by atoms with van der Waals surface area (Å²) in [5, 5.41) is 2.82. The second-order valence-corrected chi connectivity index (χ2v) is 8.04. The lowest BCUT2D eigenvalue weighted by Crippen LogP contribution is -2.37. The average Bonchev–Trinajstić information content (AvgIpc) is 3.22. The van der Waals surface area contributed by atoms with Crippen molar-refractivity contribution in [3.63, 3.8) is 0 Å². The van der Waals surface area contributed by atoms with Gasteiger partial charge in [-0.25, -0.2) is 4.98 Å². The molecule has 0 bridgehead atoms. The van der Waals surface area contributed by atoms with Crippen molar-refractivity contribution in [3.05, 3.63) is 59.1 Å². The SMILES string of the molecule is COc1ccc(-c2nc(CC(=O)N3CCC(C)c4ccccc43)cs2)cc1OC. The van der Waals surface area contributed by atoms with E-state index in [1.807, 2.05) is 46.7 Å². The number of carbonyl (C=O) groups is 1. The zero-order valence-corrected chi connectivity index (χ0v) is 17.7. The van der Waals surface area contributed by atoms with E-state index in [9.17, 15) is 4.79 Å². The van der Waals surface area contributed by atoms with Crippen molar-refractivity contribution in [1.29, 1.82) is 0 Å². The summed E-state index contributed by atoms with van der Waals surface area (Å²) in [5.74, 6) is 1.91. The maximum absolute atomic E-state index is 13.0. The molecule has 0 aliphatic carbocycles. The van der Waals surface area contributed by atoms with Gasteiger partial charge in [0.2, 0.25) is 5.91 Å². The lowest BCUT2D eigenvalue weighted by atomic mass is 9.91. The highest BCUT2D eigenvalue weighted by Crippen LogP contribution is 2.36. The molecule has 0 fully saturated rings. The molecule has 0 N–H and O–H groups in total.